The van der Waals surface area contributed by atoms with E-state index >= 15 is 0 Å². The van der Waals surface area contributed by atoms with Crippen molar-refractivity contribution in [2.24, 2.45) is 5.92 Å². The fourth-order valence-electron chi connectivity index (χ4n) is 3.66. The van der Waals surface area contributed by atoms with Crippen molar-refractivity contribution < 1.29 is 4.79 Å². The van der Waals surface area contributed by atoms with E-state index < -0.39 is 0 Å². The van der Waals surface area contributed by atoms with Gasteiger partial charge in [0.2, 0.25) is 0 Å². The molecule has 0 aromatic carbocycles. The summed E-state index contributed by atoms with van der Waals surface area (Å²) in [6, 6.07) is 2.53. The van der Waals surface area contributed by atoms with Crippen molar-refractivity contribution in [3.63, 3.8) is 0 Å². The average molecular weight is 340 g/mol. The number of aromatic nitrogens is 4. The monoisotopic (exact) mass is 340 g/mol. The van der Waals surface area contributed by atoms with E-state index in [1.807, 2.05) is 15.8 Å². The number of amides is 2. The minimum Gasteiger partial charge on any atom is -0.317 e. The Morgan fingerprint density at radius 1 is 1.28 bits per heavy atom. The van der Waals surface area contributed by atoms with Gasteiger partial charge in [0.1, 0.15) is 0 Å². The Balaban J connectivity index is 1.23. The second-order valence-corrected chi connectivity index (χ2v) is 7.70. The zero-order valence-corrected chi connectivity index (χ0v) is 14.6. The van der Waals surface area contributed by atoms with Gasteiger partial charge in [0.15, 0.2) is 0 Å². The van der Waals surface area contributed by atoms with Gasteiger partial charge in [-0.3, -0.25) is 9.36 Å². The highest BCUT2D eigenvalue weighted by molar-refractivity contribution is 5.89. The van der Waals surface area contributed by atoms with Crippen LogP contribution >= 0.6 is 0 Å². The molecule has 2 saturated carbocycles. The summed E-state index contributed by atoms with van der Waals surface area (Å²) in [4.78, 5) is 14.5. The summed E-state index contributed by atoms with van der Waals surface area (Å²) < 4.78 is 4.03. The molecule has 3 aliphatic rings. The first-order valence-corrected chi connectivity index (χ1v) is 9.34. The van der Waals surface area contributed by atoms with E-state index in [9.17, 15) is 4.79 Å². The third-order valence-corrected chi connectivity index (χ3v) is 5.67. The zero-order valence-electron chi connectivity index (χ0n) is 14.6. The number of anilines is 1. The Kier molecular flexibility index (Phi) is 3.36. The summed E-state index contributed by atoms with van der Waals surface area (Å²) in [5.74, 6) is 1.39. The van der Waals surface area contributed by atoms with Crippen molar-refractivity contribution >= 4 is 11.7 Å². The molecule has 1 atom stereocenters. The maximum Gasteiger partial charge on any atom is 0.322 e. The Labute approximate surface area is 147 Å². The smallest absolute Gasteiger partial charge is 0.317 e. The van der Waals surface area contributed by atoms with Gasteiger partial charge >= 0.3 is 6.03 Å². The third-order valence-electron chi connectivity index (χ3n) is 5.67. The van der Waals surface area contributed by atoms with Gasteiger partial charge in [-0.1, -0.05) is 0 Å². The predicted octanol–water partition coefficient (Wildman–Crippen LogP) is 2.98. The van der Waals surface area contributed by atoms with Crippen LogP contribution in [0.25, 0.3) is 0 Å². The van der Waals surface area contributed by atoms with Crippen LogP contribution in [0.5, 0.6) is 0 Å². The molecular formula is C18H24N6O. The van der Waals surface area contributed by atoms with Crippen LogP contribution in [0.4, 0.5) is 10.5 Å². The number of urea groups is 1. The largest absolute Gasteiger partial charge is 0.322 e. The molecular weight excluding hydrogens is 316 g/mol. The van der Waals surface area contributed by atoms with Gasteiger partial charge in [0.25, 0.3) is 0 Å². The molecule has 2 aromatic heterocycles. The SMILES string of the molecule is CC(C1CC1)n1cc(NC(=O)N2CCn3nc(C4CC4)cc3C2)cn1. The fourth-order valence-corrected chi connectivity index (χ4v) is 3.66. The molecule has 3 heterocycles. The van der Waals surface area contributed by atoms with Gasteiger partial charge in [-0.25, -0.2) is 4.79 Å². The normalized spacial score (nSPS) is 21.1. The number of nitrogens with one attached hydrogen (secondary N) is 1. The van der Waals surface area contributed by atoms with Crippen LogP contribution in [0.2, 0.25) is 0 Å². The van der Waals surface area contributed by atoms with Gasteiger partial charge in [-0.2, -0.15) is 10.2 Å². The van der Waals surface area contributed by atoms with Crippen molar-refractivity contribution in [2.45, 2.75) is 57.7 Å². The summed E-state index contributed by atoms with van der Waals surface area (Å²) in [5, 5.41) is 12.1. The number of nitrogens with zero attached hydrogens (tertiary/aromatic N) is 5. The highest BCUT2D eigenvalue weighted by Gasteiger charge is 2.31. The van der Waals surface area contributed by atoms with E-state index in [1.165, 1.54) is 31.4 Å². The summed E-state index contributed by atoms with van der Waals surface area (Å²) >= 11 is 0. The standard InChI is InChI=1S/C18H24N6O/c1-12(13-2-3-13)24-10-15(9-19-24)20-18(25)22-6-7-23-16(11-22)8-17(21-23)14-4-5-14/h8-10,12-14H,2-7,11H2,1H3,(H,20,25). The third kappa shape index (κ3) is 2.92. The maximum atomic E-state index is 12.6. The van der Waals surface area contributed by atoms with Crippen LogP contribution in [-0.4, -0.2) is 37.0 Å². The highest BCUT2D eigenvalue weighted by Crippen LogP contribution is 2.40. The Morgan fingerprint density at radius 3 is 2.88 bits per heavy atom. The van der Waals surface area contributed by atoms with E-state index in [4.69, 9.17) is 0 Å². The van der Waals surface area contributed by atoms with Crippen LogP contribution in [-0.2, 0) is 13.1 Å². The molecule has 2 aliphatic carbocycles. The first-order valence-electron chi connectivity index (χ1n) is 9.34. The lowest BCUT2D eigenvalue weighted by Gasteiger charge is -2.27. The van der Waals surface area contributed by atoms with Crippen LogP contribution in [0.3, 0.4) is 0 Å². The lowest BCUT2D eigenvalue weighted by Crippen LogP contribution is -2.40. The Morgan fingerprint density at radius 2 is 2.12 bits per heavy atom. The molecule has 1 unspecified atom stereocenters. The Bertz CT molecular complexity index is 800. The molecule has 2 fully saturated rings. The van der Waals surface area contributed by atoms with Crippen LogP contribution < -0.4 is 5.32 Å². The van der Waals surface area contributed by atoms with Gasteiger partial charge in [-0.15, -0.1) is 0 Å². The predicted molar refractivity (Wildman–Crippen MR) is 93.3 cm³/mol. The molecule has 7 heteroatoms. The quantitative estimate of drug-likeness (QED) is 0.930. The van der Waals surface area contributed by atoms with Gasteiger partial charge in [-0.05, 0) is 44.6 Å². The second-order valence-electron chi connectivity index (χ2n) is 7.70. The molecule has 7 nitrogen and oxygen atoms in total. The first kappa shape index (κ1) is 15.0. The van der Waals surface area contributed by atoms with Crippen molar-refractivity contribution in [2.75, 3.05) is 11.9 Å². The van der Waals surface area contributed by atoms with Crippen LogP contribution in [0.15, 0.2) is 18.5 Å². The van der Waals surface area contributed by atoms with Crippen LogP contribution in [0.1, 0.15) is 56.0 Å². The lowest BCUT2D eigenvalue weighted by atomic mass is 10.2. The highest BCUT2D eigenvalue weighted by atomic mass is 16.2. The molecule has 1 N–H and O–H groups in total. The van der Waals surface area contributed by atoms with Crippen LogP contribution in [0, 0.1) is 5.92 Å². The van der Waals surface area contributed by atoms with Gasteiger partial charge in [0, 0.05) is 18.7 Å². The van der Waals surface area contributed by atoms with Gasteiger partial charge < -0.3 is 10.2 Å². The average Bonchev–Trinajstić information content (AvgIpc) is 3.54. The lowest BCUT2D eigenvalue weighted by molar-refractivity contribution is 0.194. The van der Waals surface area contributed by atoms with Crippen molar-refractivity contribution in [1.82, 2.24) is 24.5 Å². The molecule has 0 spiro atoms. The molecule has 132 valence electrons. The number of carbonyl (C=O) groups is 1. The molecule has 1 aliphatic heterocycles. The second kappa shape index (κ2) is 5.61. The van der Waals surface area contributed by atoms with Crippen molar-refractivity contribution in [3.05, 3.63) is 29.8 Å². The summed E-state index contributed by atoms with van der Waals surface area (Å²) in [6.45, 7) is 4.28. The molecule has 2 aromatic rings. The molecule has 0 bridgehead atoms. The van der Waals surface area contributed by atoms with Crippen molar-refractivity contribution in [3.8, 4) is 0 Å². The molecule has 2 amide bonds. The van der Waals surface area contributed by atoms with E-state index in [0.717, 1.165) is 23.8 Å². The maximum absolute atomic E-state index is 12.6. The summed E-state index contributed by atoms with van der Waals surface area (Å²) in [6.07, 6.45) is 8.77. The number of carbonyl (C=O) groups excluding carboxylic acids is 1. The van der Waals surface area contributed by atoms with E-state index in [2.05, 4.69) is 33.2 Å². The Hall–Kier alpha value is -2.31. The minimum absolute atomic E-state index is 0.0564. The topological polar surface area (TPSA) is 68.0 Å². The zero-order chi connectivity index (χ0) is 17.0. The number of hydrogen-bond acceptors (Lipinski definition) is 3. The van der Waals surface area contributed by atoms with E-state index in [0.29, 0.717) is 25.0 Å². The fraction of sp³-hybridized carbons (Fsp3) is 0.611. The van der Waals surface area contributed by atoms with E-state index in [1.54, 1.807) is 6.20 Å². The molecule has 0 saturated heterocycles. The summed E-state index contributed by atoms with van der Waals surface area (Å²) in [5.41, 5.74) is 3.11. The van der Waals surface area contributed by atoms with Gasteiger partial charge in [0.05, 0.1) is 42.4 Å². The number of rotatable bonds is 4. The molecule has 25 heavy (non-hydrogen) atoms. The number of fused-ring (bicyclic) bond motifs is 1. The molecule has 5 rings (SSSR count). The number of hydrogen-bond donors (Lipinski definition) is 1. The molecule has 0 radical (unpaired) electrons. The van der Waals surface area contributed by atoms with E-state index in [-0.39, 0.29) is 6.03 Å². The first-order chi connectivity index (χ1) is 12.2. The van der Waals surface area contributed by atoms with Crippen molar-refractivity contribution in [1.29, 1.82) is 0 Å². The summed E-state index contributed by atoms with van der Waals surface area (Å²) in [7, 11) is 0. The minimum atomic E-state index is -0.0564.